The van der Waals surface area contributed by atoms with Crippen LogP contribution in [0.4, 0.5) is 20.2 Å². The van der Waals surface area contributed by atoms with Gasteiger partial charge in [-0.05, 0) is 73.9 Å². The first-order valence-corrected chi connectivity index (χ1v) is 15.0. The number of hydrogen-bond donors (Lipinski definition) is 3. The molecule has 0 spiro atoms. The molecule has 2 saturated heterocycles. The smallest absolute Gasteiger partial charge is 0.241 e. The summed E-state index contributed by atoms with van der Waals surface area (Å²) in [4.78, 5) is 16.0. The van der Waals surface area contributed by atoms with Crippen molar-refractivity contribution in [3.05, 3.63) is 83.5 Å². The first-order valence-electron chi connectivity index (χ1n) is 14.6. The Balaban J connectivity index is 1.32. The predicted octanol–water partition coefficient (Wildman–Crippen LogP) is 5.34. The quantitative estimate of drug-likeness (QED) is 0.347. The SMILES string of the molecule is N[C@H](C(=O)Nc1cccc(F)c1CC[C@H]1CNCCN1c1ccccc1)C(C1=CCC(Cl)C(F)=C1)C1CCOCC1. The van der Waals surface area contributed by atoms with Crippen molar-refractivity contribution in [3.63, 3.8) is 0 Å². The summed E-state index contributed by atoms with van der Waals surface area (Å²) < 4.78 is 35.2. The van der Waals surface area contributed by atoms with Crippen molar-refractivity contribution in [3.8, 4) is 0 Å². The number of halogens is 3. The molecule has 1 amide bonds. The van der Waals surface area contributed by atoms with E-state index >= 15 is 4.39 Å². The maximum atomic E-state index is 15.2. The van der Waals surface area contributed by atoms with Crippen LogP contribution in [-0.2, 0) is 16.0 Å². The summed E-state index contributed by atoms with van der Waals surface area (Å²) in [5, 5.41) is 5.68. The Hall–Kier alpha value is -2.78. The number of alkyl halides is 1. The molecule has 5 rings (SSSR count). The number of benzene rings is 2. The second-order valence-electron chi connectivity index (χ2n) is 11.1. The number of hydrogen-bond acceptors (Lipinski definition) is 5. The van der Waals surface area contributed by atoms with Gasteiger partial charge >= 0.3 is 0 Å². The van der Waals surface area contributed by atoms with Crippen LogP contribution in [0.2, 0.25) is 0 Å². The standard InChI is InChI=1S/C32H39ClF2N4O2/c33-26-12-9-22(19-28(26)35)30(21-13-17-41-18-14-21)31(36)32(40)38-29-8-4-7-27(34)25(29)11-10-24-20-37-15-16-39(24)23-5-2-1-3-6-23/h1-9,19,21,24,26,30-31,37H,10-18,20,36H2,(H,38,40)/t24-,26?,30?,31-/m0/s1. The van der Waals surface area contributed by atoms with E-state index in [1.165, 1.54) is 12.1 Å². The number of para-hydroxylation sites is 1. The van der Waals surface area contributed by atoms with Crippen molar-refractivity contribution in [1.29, 1.82) is 0 Å². The van der Waals surface area contributed by atoms with Gasteiger partial charge in [0, 0.05) is 61.7 Å². The largest absolute Gasteiger partial charge is 0.381 e. The van der Waals surface area contributed by atoms with Crippen molar-refractivity contribution in [2.75, 3.05) is 43.1 Å². The van der Waals surface area contributed by atoms with Crippen molar-refractivity contribution in [1.82, 2.24) is 5.32 Å². The molecule has 6 nitrogen and oxygen atoms in total. The second-order valence-corrected chi connectivity index (χ2v) is 11.6. The Morgan fingerprint density at radius 1 is 1.15 bits per heavy atom. The van der Waals surface area contributed by atoms with Gasteiger partial charge in [0.15, 0.2) is 0 Å². The molecule has 220 valence electrons. The third-order valence-corrected chi connectivity index (χ3v) is 8.94. The summed E-state index contributed by atoms with van der Waals surface area (Å²) in [6, 6.07) is 14.2. The maximum Gasteiger partial charge on any atom is 0.241 e. The number of carbonyl (C=O) groups is 1. The van der Waals surface area contributed by atoms with Crippen LogP contribution in [0.3, 0.4) is 0 Å². The van der Waals surface area contributed by atoms with Crippen LogP contribution in [0.25, 0.3) is 0 Å². The number of rotatable bonds is 9. The summed E-state index contributed by atoms with van der Waals surface area (Å²) in [5.74, 6) is -1.54. The molecule has 0 aromatic heterocycles. The minimum atomic E-state index is -0.951. The lowest BCUT2D eigenvalue weighted by atomic mass is 9.75. The Labute approximate surface area is 245 Å². The van der Waals surface area contributed by atoms with Crippen LogP contribution in [0, 0.1) is 17.7 Å². The zero-order valence-corrected chi connectivity index (χ0v) is 24.0. The van der Waals surface area contributed by atoms with Crippen LogP contribution < -0.4 is 21.3 Å². The number of ether oxygens (including phenoxy) is 1. The summed E-state index contributed by atoms with van der Waals surface area (Å²) in [7, 11) is 0. The summed E-state index contributed by atoms with van der Waals surface area (Å²) in [6.45, 7) is 3.69. The minimum Gasteiger partial charge on any atom is -0.381 e. The Kier molecular flexibility index (Phi) is 10.1. The average molecular weight is 585 g/mol. The first-order chi connectivity index (χ1) is 19.9. The van der Waals surface area contributed by atoms with Gasteiger partial charge in [0.05, 0.1) is 11.4 Å². The van der Waals surface area contributed by atoms with Crippen molar-refractivity contribution >= 4 is 28.9 Å². The van der Waals surface area contributed by atoms with Crippen LogP contribution >= 0.6 is 11.6 Å². The summed E-state index contributed by atoms with van der Waals surface area (Å²) >= 11 is 6.07. The Morgan fingerprint density at radius 3 is 2.68 bits per heavy atom. The zero-order chi connectivity index (χ0) is 28.8. The molecule has 2 aromatic carbocycles. The number of allylic oxidation sites excluding steroid dienone is 3. The second kappa shape index (κ2) is 13.9. The highest BCUT2D eigenvalue weighted by Gasteiger charge is 2.36. The van der Waals surface area contributed by atoms with Gasteiger partial charge in [0.25, 0.3) is 0 Å². The summed E-state index contributed by atoms with van der Waals surface area (Å²) in [5.41, 5.74) is 9.35. The number of nitrogens with one attached hydrogen (secondary N) is 2. The third kappa shape index (κ3) is 7.17. The summed E-state index contributed by atoms with van der Waals surface area (Å²) in [6.07, 6.45) is 6.27. The van der Waals surface area contributed by atoms with E-state index in [4.69, 9.17) is 22.1 Å². The molecule has 0 bridgehead atoms. The Bertz CT molecular complexity index is 1250. The molecule has 4 atom stereocenters. The fraction of sp³-hybridized carbons (Fsp3) is 0.469. The van der Waals surface area contributed by atoms with Gasteiger partial charge in [-0.15, -0.1) is 11.6 Å². The number of nitrogens with zero attached hydrogens (tertiary/aromatic N) is 1. The first kappa shape index (κ1) is 29.7. The molecule has 41 heavy (non-hydrogen) atoms. The van der Waals surface area contributed by atoms with Gasteiger partial charge in [0.2, 0.25) is 5.91 Å². The number of nitrogens with two attached hydrogens (primary N) is 1. The lowest BCUT2D eigenvalue weighted by Gasteiger charge is -2.38. The highest BCUT2D eigenvalue weighted by atomic mass is 35.5. The molecule has 9 heteroatoms. The minimum absolute atomic E-state index is 0.0569. The topological polar surface area (TPSA) is 79.6 Å². The van der Waals surface area contributed by atoms with Crippen LogP contribution in [0.1, 0.15) is 31.2 Å². The fourth-order valence-corrected chi connectivity index (χ4v) is 6.49. The van der Waals surface area contributed by atoms with Gasteiger partial charge in [-0.25, -0.2) is 8.78 Å². The van der Waals surface area contributed by atoms with Gasteiger partial charge < -0.3 is 26.0 Å². The van der Waals surface area contributed by atoms with E-state index in [-0.39, 0.29) is 17.8 Å². The third-order valence-electron chi connectivity index (χ3n) is 8.55. The molecular formula is C32H39ClF2N4O2. The molecule has 0 saturated carbocycles. The van der Waals surface area contributed by atoms with E-state index in [2.05, 4.69) is 27.7 Å². The highest BCUT2D eigenvalue weighted by Crippen LogP contribution is 2.37. The lowest BCUT2D eigenvalue weighted by Crippen LogP contribution is -2.51. The molecule has 2 aromatic rings. The molecular weight excluding hydrogens is 546 g/mol. The highest BCUT2D eigenvalue weighted by molar-refractivity contribution is 6.22. The van der Waals surface area contributed by atoms with Crippen molar-refractivity contribution in [2.45, 2.75) is 49.6 Å². The lowest BCUT2D eigenvalue weighted by molar-refractivity contribution is -0.119. The Morgan fingerprint density at radius 2 is 1.93 bits per heavy atom. The molecule has 2 unspecified atom stereocenters. The molecule has 2 heterocycles. The van der Waals surface area contributed by atoms with Crippen molar-refractivity contribution in [2.24, 2.45) is 17.6 Å². The normalized spacial score (nSPS) is 23.4. The molecule has 4 N–H and O–H groups in total. The monoisotopic (exact) mass is 584 g/mol. The molecule has 0 radical (unpaired) electrons. The number of anilines is 2. The van der Waals surface area contributed by atoms with Crippen LogP contribution in [0.5, 0.6) is 0 Å². The molecule has 2 aliphatic heterocycles. The van der Waals surface area contributed by atoms with Gasteiger partial charge in [-0.3, -0.25) is 4.79 Å². The van der Waals surface area contributed by atoms with Gasteiger partial charge in [-0.2, -0.15) is 0 Å². The zero-order valence-electron chi connectivity index (χ0n) is 23.2. The van der Waals surface area contributed by atoms with Crippen LogP contribution in [0.15, 0.2) is 72.1 Å². The number of carbonyl (C=O) groups excluding carboxylic acids is 1. The fourth-order valence-electron chi connectivity index (χ4n) is 6.34. The van der Waals surface area contributed by atoms with Crippen LogP contribution in [-0.4, -0.2) is 56.2 Å². The van der Waals surface area contributed by atoms with Crippen molar-refractivity contribution < 1.29 is 18.3 Å². The van der Waals surface area contributed by atoms with E-state index < -0.39 is 29.1 Å². The van der Waals surface area contributed by atoms with E-state index in [1.807, 2.05) is 24.3 Å². The number of piperazine rings is 1. The maximum absolute atomic E-state index is 15.2. The molecule has 3 aliphatic rings. The van der Waals surface area contributed by atoms with Gasteiger partial charge in [0.1, 0.15) is 11.6 Å². The van der Waals surface area contributed by atoms with Gasteiger partial charge in [-0.1, -0.05) is 30.3 Å². The molecule has 1 aliphatic carbocycles. The average Bonchev–Trinajstić information content (AvgIpc) is 3.00. The van der Waals surface area contributed by atoms with E-state index in [0.717, 1.165) is 38.2 Å². The number of amides is 1. The predicted molar refractivity (Wildman–Crippen MR) is 160 cm³/mol. The van der Waals surface area contributed by atoms with E-state index in [1.54, 1.807) is 12.1 Å². The molecule has 2 fully saturated rings. The van der Waals surface area contributed by atoms with E-state index in [9.17, 15) is 9.18 Å². The van der Waals surface area contributed by atoms with E-state index in [0.29, 0.717) is 49.3 Å².